The molecule has 0 radical (unpaired) electrons. The maximum atomic E-state index is 13.4. The summed E-state index contributed by atoms with van der Waals surface area (Å²) in [5.74, 6) is 0.899. The number of ether oxygens (including phenoxy) is 1. The molecule has 5 fully saturated rings. The van der Waals surface area contributed by atoms with Crippen LogP contribution in [0.25, 0.3) is 0 Å². The van der Waals surface area contributed by atoms with Crippen molar-refractivity contribution in [3.63, 3.8) is 0 Å². The summed E-state index contributed by atoms with van der Waals surface area (Å²) in [5, 5.41) is 14.8. The molecule has 1 saturated carbocycles. The van der Waals surface area contributed by atoms with Gasteiger partial charge in [-0.1, -0.05) is 11.6 Å². The molecular weight excluding hydrogens is 774 g/mol. The molecule has 16 heteroatoms. The highest BCUT2D eigenvalue weighted by Gasteiger charge is 2.46. The molecule has 0 bridgehead atoms. The number of likely N-dealkylation sites (tertiary alicyclic amines) is 1. The summed E-state index contributed by atoms with van der Waals surface area (Å²) in [4.78, 5) is 80.9. The summed E-state index contributed by atoms with van der Waals surface area (Å²) in [6.45, 7) is 6.68. The second-order valence-electron chi connectivity index (χ2n) is 16.8. The first-order valence-electron chi connectivity index (χ1n) is 20.7. The summed E-state index contributed by atoms with van der Waals surface area (Å²) in [6.07, 6.45) is 8.82. The third-order valence-corrected chi connectivity index (χ3v) is 13.4. The van der Waals surface area contributed by atoms with E-state index in [1.165, 1.54) is 0 Å². The predicted molar refractivity (Wildman–Crippen MR) is 216 cm³/mol. The van der Waals surface area contributed by atoms with Crippen LogP contribution in [0.1, 0.15) is 88.1 Å². The molecule has 3 unspecified atom stereocenters. The Bertz CT molecular complexity index is 2200. The lowest BCUT2D eigenvalue weighted by Gasteiger charge is -2.34. The number of nitrogens with one attached hydrogen (secondary N) is 2. The zero-order valence-corrected chi connectivity index (χ0v) is 33.4. The maximum Gasteiger partial charge on any atom is 0.271 e. The minimum absolute atomic E-state index is 0.0220. The van der Waals surface area contributed by atoms with Crippen LogP contribution in [0, 0.1) is 29.1 Å². The molecule has 9 rings (SSSR count). The van der Waals surface area contributed by atoms with E-state index in [4.69, 9.17) is 21.6 Å². The van der Waals surface area contributed by atoms with Crippen molar-refractivity contribution in [2.45, 2.75) is 69.6 Å². The number of anilines is 2. The number of rotatable bonds is 9. The molecule has 5 aliphatic heterocycles. The van der Waals surface area contributed by atoms with Gasteiger partial charge in [0.25, 0.3) is 17.7 Å². The fourth-order valence-electron chi connectivity index (χ4n) is 9.85. The third-order valence-electron chi connectivity index (χ3n) is 13.0. The number of hydrogen-bond acceptors (Lipinski definition) is 12. The van der Waals surface area contributed by atoms with Crippen molar-refractivity contribution in [3.05, 3.63) is 76.2 Å². The fourth-order valence-corrected chi connectivity index (χ4v) is 10.1. The van der Waals surface area contributed by atoms with Gasteiger partial charge < -0.3 is 24.8 Å². The molecular formula is C43H46ClN9O6. The van der Waals surface area contributed by atoms with Gasteiger partial charge in [-0.15, -0.1) is 0 Å². The Labute approximate surface area is 347 Å². The van der Waals surface area contributed by atoms with Gasteiger partial charge in [0.05, 0.1) is 40.2 Å². The van der Waals surface area contributed by atoms with Crippen LogP contribution in [0.2, 0.25) is 5.02 Å². The first kappa shape index (κ1) is 38.9. The molecule has 1 aromatic heterocycles. The number of hydrogen-bond donors (Lipinski definition) is 2. The first-order chi connectivity index (χ1) is 28.6. The lowest BCUT2D eigenvalue weighted by atomic mass is 9.93. The average molecular weight is 820 g/mol. The molecule has 2 aromatic carbocycles. The number of nitrogens with zero attached hydrogens (tertiary/aromatic N) is 7. The molecule has 5 amide bonds. The van der Waals surface area contributed by atoms with E-state index in [0.29, 0.717) is 50.9 Å². The van der Waals surface area contributed by atoms with Crippen LogP contribution in [-0.2, 0) is 9.59 Å². The number of carbonyl (C=O) groups is 5. The SMILES string of the molecule is N#Cc1ccc(OC2CCC(NC(=O)c3cnc(N4CCC(CN5CC6CN(c7ccc8c(c7)C(=O)N(C7CCC(=O)NC7=O)C8=O)CC6C5)CC4)cn3)CC2)cc1Cl. The monoisotopic (exact) mass is 819 g/mol. The molecule has 3 aromatic rings. The Morgan fingerprint density at radius 1 is 0.864 bits per heavy atom. The number of benzene rings is 2. The standard InChI is InChI=1S/C43H46ClN9O6/c44-35-16-32(5-1-26(35)17-45)59-31-6-2-29(3-7-31)48-40(55)36-18-47-38(19-46-36)51-13-11-25(12-14-51)20-50-21-27-23-52(24-28(27)22-50)30-4-8-33-34(15-30)43(58)53(42(33)57)37-9-10-39(54)49-41(37)56/h1,4-5,8,15-16,18-19,25,27-29,31,37H,2-3,6-7,9-14,20-24H2,(H,48,55)(H,49,54,56). The quantitative estimate of drug-likeness (QED) is 0.299. The average Bonchev–Trinajstić information content (AvgIpc) is 3.88. The zero-order valence-electron chi connectivity index (χ0n) is 32.6. The Hall–Kier alpha value is -5.59. The number of fused-ring (bicyclic) bond motifs is 2. The highest BCUT2D eigenvalue weighted by atomic mass is 35.5. The Balaban J connectivity index is 0.699. The second kappa shape index (κ2) is 16.2. The number of imide groups is 2. The molecule has 6 aliphatic rings. The predicted octanol–water partition coefficient (Wildman–Crippen LogP) is 3.81. The highest BCUT2D eigenvalue weighted by Crippen LogP contribution is 2.38. The second-order valence-corrected chi connectivity index (χ2v) is 17.2. The molecule has 0 spiro atoms. The van der Waals surface area contributed by atoms with Crippen LogP contribution in [0.3, 0.4) is 0 Å². The van der Waals surface area contributed by atoms with Gasteiger partial charge in [-0.3, -0.25) is 34.2 Å². The molecule has 1 aliphatic carbocycles. The minimum Gasteiger partial charge on any atom is -0.490 e. The van der Waals surface area contributed by atoms with Gasteiger partial charge in [0.2, 0.25) is 11.8 Å². The van der Waals surface area contributed by atoms with Gasteiger partial charge in [-0.2, -0.15) is 5.26 Å². The maximum absolute atomic E-state index is 13.4. The summed E-state index contributed by atoms with van der Waals surface area (Å²) >= 11 is 6.15. The fraction of sp³-hybridized carbons (Fsp3) is 0.488. The molecule has 59 heavy (non-hydrogen) atoms. The number of carbonyl (C=O) groups excluding carboxylic acids is 5. The van der Waals surface area contributed by atoms with E-state index in [1.54, 1.807) is 42.7 Å². The van der Waals surface area contributed by atoms with Gasteiger partial charge in [0.1, 0.15) is 29.4 Å². The zero-order chi connectivity index (χ0) is 40.8. The molecule has 4 saturated heterocycles. The number of aromatic nitrogens is 2. The Kier molecular flexibility index (Phi) is 10.7. The number of halogens is 1. The van der Waals surface area contributed by atoms with E-state index in [1.807, 2.05) is 6.07 Å². The van der Waals surface area contributed by atoms with E-state index < -0.39 is 23.8 Å². The van der Waals surface area contributed by atoms with Crippen LogP contribution in [-0.4, -0.2) is 113 Å². The highest BCUT2D eigenvalue weighted by molar-refractivity contribution is 6.31. The van der Waals surface area contributed by atoms with Crippen molar-refractivity contribution in [2.75, 3.05) is 55.6 Å². The smallest absolute Gasteiger partial charge is 0.271 e. The van der Waals surface area contributed by atoms with Crippen molar-refractivity contribution in [1.29, 1.82) is 5.26 Å². The van der Waals surface area contributed by atoms with Gasteiger partial charge >= 0.3 is 0 Å². The summed E-state index contributed by atoms with van der Waals surface area (Å²) < 4.78 is 6.08. The van der Waals surface area contributed by atoms with Crippen LogP contribution in [0.15, 0.2) is 48.8 Å². The van der Waals surface area contributed by atoms with E-state index in [0.717, 1.165) is 101 Å². The van der Waals surface area contributed by atoms with Crippen molar-refractivity contribution in [2.24, 2.45) is 17.8 Å². The van der Waals surface area contributed by atoms with Crippen molar-refractivity contribution >= 4 is 52.6 Å². The number of nitriles is 1. The van der Waals surface area contributed by atoms with E-state index >= 15 is 0 Å². The third kappa shape index (κ3) is 7.95. The molecule has 3 atom stereocenters. The summed E-state index contributed by atoms with van der Waals surface area (Å²) in [5.41, 5.74) is 2.26. The normalized spacial score (nSPS) is 26.1. The van der Waals surface area contributed by atoms with Crippen LogP contribution < -0.4 is 25.2 Å². The van der Waals surface area contributed by atoms with Gasteiger partial charge in [0.15, 0.2) is 0 Å². The van der Waals surface area contributed by atoms with Crippen LogP contribution >= 0.6 is 11.6 Å². The number of amides is 5. The van der Waals surface area contributed by atoms with Crippen molar-refractivity contribution in [1.82, 2.24) is 30.4 Å². The van der Waals surface area contributed by atoms with Gasteiger partial charge in [0, 0.05) is 70.0 Å². The molecule has 6 heterocycles. The van der Waals surface area contributed by atoms with Crippen molar-refractivity contribution < 1.29 is 28.7 Å². The van der Waals surface area contributed by atoms with E-state index in [2.05, 4.69) is 41.4 Å². The lowest BCUT2D eigenvalue weighted by molar-refractivity contribution is -0.136. The van der Waals surface area contributed by atoms with Gasteiger partial charge in [-0.25, -0.2) is 9.97 Å². The molecule has 2 N–H and O–H groups in total. The van der Waals surface area contributed by atoms with Gasteiger partial charge in [-0.05, 0) is 93.0 Å². The lowest BCUT2D eigenvalue weighted by Crippen LogP contribution is -2.54. The summed E-state index contributed by atoms with van der Waals surface area (Å²) in [7, 11) is 0. The Morgan fingerprint density at radius 2 is 1.61 bits per heavy atom. The molecule has 306 valence electrons. The van der Waals surface area contributed by atoms with Crippen molar-refractivity contribution in [3.8, 4) is 11.8 Å². The topological polar surface area (TPSA) is 181 Å². The first-order valence-corrected chi connectivity index (χ1v) is 21.0. The number of piperidine rings is 2. The molecule has 15 nitrogen and oxygen atoms in total. The van der Waals surface area contributed by atoms with Crippen LogP contribution in [0.5, 0.6) is 5.75 Å². The van der Waals surface area contributed by atoms with E-state index in [-0.39, 0.29) is 36.8 Å². The van der Waals surface area contributed by atoms with E-state index in [9.17, 15) is 24.0 Å². The minimum atomic E-state index is -0.970. The van der Waals surface area contributed by atoms with Crippen LogP contribution in [0.4, 0.5) is 11.5 Å². The summed E-state index contributed by atoms with van der Waals surface area (Å²) in [6, 6.07) is 11.6. The Morgan fingerprint density at radius 3 is 2.29 bits per heavy atom. The largest absolute Gasteiger partial charge is 0.490 e.